The SMILES string of the molecule is COC(=O)Cc1ccc(F)c([N+](=O)[O-])c1Br. The summed E-state index contributed by atoms with van der Waals surface area (Å²) in [4.78, 5) is 20.7. The molecule has 0 unspecified atom stereocenters. The van der Waals surface area contributed by atoms with Crippen molar-refractivity contribution >= 4 is 27.6 Å². The van der Waals surface area contributed by atoms with E-state index in [9.17, 15) is 19.3 Å². The molecule has 5 nitrogen and oxygen atoms in total. The fourth-order valence-corrected chi connectivity index (χ4v) is 1.72. The van der Waals surface area contributed by atoms with Gasteiger partial charge in [0.05, 0.1) is 18.5 Å². The van der Waals surface area contributed by atoms with Gasteiger partial charge in [0.1, 0.15) is 4.47 Å². The predicted molar refractivity (Wildman–Crippen MR) is 56.5 cm³/mol. The maximum absolute atomic E-state index is 13.1. The van der Waals surface area contributed by atoms with Gasteiger partial charge in [0.15, 0.2) is 0 Å². The molecule has 1 aromatic rings. The normalized spacial score (nSPS) is 9.94. The number of esters is 1. The minimum Gasteiger partial charge on any atom is -0.469 e. The number of nitro benzene ring substituents is 1. The van der Waals surface area contributed by atoms with Gasteiger partial charge in [-0.05, 0) is 27.6 Å². The maximum atomic E-state index is 13.1. The Morgan fingerprint density at radius 1 is 1.62 bits per heavy atom. The Morgan fingerprint density at radius 3 is 2.75 bits per heavy atom. The van der Waals surface area contributed by atoms with Crippen molar-refractivity contribution in [2.24, 2.45) is 0 Å². The van der Waals surface area contributed by atoms with Crippen molar-refractivity contribution in [1.82, 2.24) is 0 Å². The highest BCUT2D eigenvalue weighted by Gasteiger charge is 2.22. The Labute approximate surface area is 98.5 Å². The molecule has 0 radical (unpaired) electrons. The van der Waals surface area contributed by atoms with Crippen LogP contribution in [0.15, 0.2) is 16.6 Å². The predicted octanol–water partition coefficient (Wildman–Crippen LogP) is 2.21. The molecule has 7 heteroatoms. The van der Waals surface area contributed by atoms with Gasteiger partial charge >= 0.3 is 11.7 Å². The Morgan fingerprint density at radius 2 is 2.25 bits per heavy atom. The topological polar surface area (TPSA) is 69.4 Å². The number of halogens is 2. The third-order valence-electron chi connectivity index (χ3n) is 1.89. The zero-order valence-corrected chi connectivity index (χ0v) is 9.78. The van der Waals surface area contributed by atoms with Crippen LogP contribution < -0.4 is 0 Å². The summed E-state index contributed by atoms with van der Waals surface area (Å²) < 4.78 is 17.5. The summed E-state index contributed by atoms with van der Waals surface area (Å²) in [7, 11) is 1.20. The van der Waals surface area contributed by atoms with Gasteiger partial charge in [0.25, 0.3) is 0 Å². The second kappa shape index (κ2) is 5.02. The molecule has 0 aliphatic rings. The monoisotopic (exact) mass is 291 g/mol. The lowest BCUT2D eigenvalue weighted by atomic mass is 10.1. The highest BCUT2D eigenvalue weighted by molar-refractivity contribution is 9.10. The van der Waals surface area contributed by atoms with Crippen molar-refractivity contribution < 1.29 is 18.8 Å². The summed E-state index contributed by atoms with van der Waals surface area (Å²) in [5, 5.41) is 10.6. The molecule has 0 aromatic heterocycles. The number of rotatable bonds is 3. The number of hydrogen-bond donors (Lipinski definition) is 0. The highest BCUT2D eigenvalue weighted by Crippen LogP contribution is 2.31. The third-order valence-corrected chi connectivity index (χ3v) is 2.78. The molecule has 0 saturated heterocycles. The molecule has 0 heterocycles. The van der Waals surface area contributed by atoms with Crippen LogP contribution in [0.4, 0.5) is 10.1 Å². The van der Waals surface area contributed by atoms with Crippen LogP contribution in [0.3, 0.4) is 0 Å². The standard InChI is InChI=1S/C9H7BrFNO4/c1-16-7(13)4-5-2-3-6(11)9(8(5)10)12(14)15/h2-3H,4H2,1H3. The zero-order chi connectivity index (χ0) is 12.3. The fourth-order valence-electron chi connectivity index (χ4n) is 1.11. The van der Waals surface area contributed by atoms with Gasteiger partial charge in [-0.25, -0.2) is 0 Å². The van der Waals surface area contributed by atoms with E-state index < -0.39 is 22.4 Å². The largest absolute Gasteiger partial charge is 0.469 e. The van der Waals surface area contributed by atoms with Crippen LogP contribution in [0, 0.1) is 15.9 Å². The molecular formula is C9H7BrFNO4. The molecule has 0 aliphatic heterocycles. The number of nitro groups is 1. The van der Waals surface area contributed by atoms with Crippen LogP contribution in [0.1, 0.15) is 5.56 Å². The molecule has 0 saturated carbocycles. The van der Waals surface area contributed by atoms with Crippen LogP contribution in [0.2, 0.25) is 0 Å². The lowest BCUT2D eigenvalue weighted by Gasteiger charge is -2.04. The van der Waals surface area contributed by atoms with Gasteiger partial charge in [-0.3, -0.25) is 14.9 Å². The third kappa shape index (κ3) is 2.54. The molecule has 1 aromatic carbocycles. The quantitative estimate of drug-likeness (QED) is 0.486. The molecular weight excluding hydrogens is 285 g/mol. The van der Waals surface area contributed by atoms with E-state index in [0.29, 0.717) is 5.56 Å². The number of nitrogens with zero attached hydrogens (tertiary/aromatic N) is 1. The van der Waals surface area contributed by atoms with E-state index in [1.54, 1.807) is 0 Å². The van der Waals surface area contributed by atoms with Crippen LogP contribution in [-0.4, -0.2) is 18.0 Å². The number of carbonyl (C=O) groups is 1. The number of hydrogen-bond acceptors (Lipinski definition) is 4. The Balaban J connectivity index is 3.18. The van der Waals surface area contributed by atoms with E-state index >= 15 is 0 Å². The van der Waals surface area contributed by atoms with E-state index in [0.717, 1.165) is 6.07 Å². The summed E-state index contributed by atoms with van der Waals surface area (Å²) in [5.41, 5.74) is -0.374. The first-order chi connectivity index (χ1) is 7.47. The van der Waals surface area contributed by atoms with Gasteiger partial charge in [0, 0.05) is 0 Å². The number of benzene rings is 1. The maximum Gasteiger partial charge on any atom is 0.319 e. The summed E-state index contributed by atoms with van der Waals surface area (Å²) in [6, 6.07) is 2.24. The fraction of sp³-hybridized carbons (Fsp3) is 0.222. The Kier molecular flexibility index (Phi) is 3.94. The van der Waals surface area contributed by atoms with Crippen molar-refractivity contribution in [3.05, 3.63) is 38.1 Å². The Bertz CT molecular complexity index is 449. The van der Waals surface area contributed by atoms with Crippen molar-refractivity contribution in [2.75, 3.05) is 7.11 Å². The van der Waals surface area contributed by atoms with Crippen molar-refractivity contribution in [3.63, 3.8) is 0 Å². The van der Waals surface area contributed by atoms with Gasteiger partial charge in [-0.1, -0.05) is 6.07 Å². The molecule has 0 fully saturated rings. The van der Waals surface area contributed by atoms with E-state index in [1.165, 1.54) is 13.2 Å². The minimum atomic E-state index is -0.953. The molecule has 0 N–H and O–H groups in total. The smallest absolute Gasteiger partial charge is 0.319 e. The lowest BCUT2D eigenvalue weighted by molar-refractivity contribution is -0.388. The average Bonchev–Trinajstić information content (AvgIpc) is 2.21. The minimum absolute atomic E-state index is 0.0390. The van der Waals surface area contributed by atoms with E-state index in [-0.39, 0.29) is 10.9 Å². The first-order valence-corrected chi connectivity index (χ1v) is 4.94. The number of methoxy groups -OCH3 is 1. The average molecular weight is 292 g/mol. The van der Waals surface area contributed by atoms with Gasteiger partial charge in [-0.15, -0.1) is 0 Å². The molecule has 0 amide bonds. The molecule has 0 spiro atoms. The second-order valence-corrected chi connectivity index (χ2v) is 3.67. The van der Waals surface area contributed by atoms with Crippen LogP contribution >= 0.6 is 15.9 Å². The first kappa shape index (κ1) is 12.6. The van der Waals surface area contributed by atoms with Gasteiger partial charge in [-0.2, -0.15) is 4.39 Å². The zero-order valence-electron chi connectivity index (χ0n) is 8.20. The molecule has 0 aliphatic carbocycles. The molecule has 86 valence electrons. The molecule has 0 atom stereocenters. The lowest BCUT2D eigenvalue weighted by Crippen LogP contribution is -2.06. The summed E-state index contributed by atoms with van der Waals surface area (Å²) in [6.07, 6.45) is -0.155. The van der Waals surface area contributed by atoms with Crippen molar-refractivity contribution in [2.45, 2.75) is 6.42 Å². The van der Waals surface area contributed by atoms with Gasteiger partial charge < -0.3 is 4.74 Å². The molecule has 1 rings (SSSR count). The van der Waals surface area contributed by atoms with Crippen LogP contribution in [0.25, 0.3) is 0 Å². The Hall–Kier alpha value is -1.50. The number of carbonyl (C=O) groups excluding carboxylic acids is 1. The number of ether oxygens (including phenoxy) is 1. The first-order valence-electron chi connectivity index (χ1n) is 4.15. The summed E-state index contributed by atoms with van der Waals surface area (Å²) >= 11 is 2.90. The second-order valence-electron chi connectivity index (χ2n) is 2.88. The van der Waals surface area contributed by atoms with Gasteiger partial charge in [0.2, 0.25) is 5.82 Å². The highest BCUT2D eigenvalue weighted by atomic mass is 79.9. The van der Waals surface area contributed by atoms with Crippen LogP contribution in [-0.2, 0) is 16.0 Å². The molecule has 0 bridgehead atoms. The van der Waals surface area contributed by atoms with Crippen molar-refractivity contribution in [3.8, 4) is 0 Å². The van der Waals surface area contributed by atoms with E-state index in [1.807, 2.05) is 0 Å². The van der Waals surface area contributed by atoms with E-state index in [2.05, 4.69) is 20.7 Å². The molecule has 16 heavy (non-hydrogen) atoms. The summed E-state index contributed by atoms with van der Waals surface area (Å²) in [6.45, 7) is 0. The summed E-state index contributed by atoms with van der Waals surface area (Å²) in [5.74, 6) is -1.51. The van der Waals surface area contributed by atoms with Crippen molar-refractivity contribution in [1.29, 1.82) is 0 Å². The van der Waals surface area contributed by atoms with E-state index in [4.69, 9.17) is 0 Å². The van der Waals surface area contributed by atoms with Crippen LogP contribution in [0.5, 0.6) is 0 Å².